The SMILES string of the molecule is CCOc1cc2ncc(C)c(Nc3ccc(F)c(C)c3)c2cc1N. The molecule has 1 aromatic heterocycles. The first-order valence-corrected chi connectivity index (χ1v) is 7.84. The lowest BCUT2D eigenvalue weighted by Gasteiger charge is -2.15. The van der Waals surface area contributed by atoms with Gasteiger partial charge in [-0.3, -0.25) is 4.98 Å². The van der Waals surface area contributed by atoms with E-state index < -0.39 is 0 Å². The number of rotatable bonds is 4. The molecule has 0 saturated carbocycles. The monoisotopic (exact) mass is 325 g/mol. The molecule has 0 unspecified atom stereocenters. The summed E-state index contributed by atoms with van der Waals surface area (Å²) in [7, 11) is 0. The zero-order valence-electron chi connectivity index (χ0n) is 14.0. The van der Waals surface area contributed by atoms with E-state index in [0.29, 0.717) is 23.6 Å². The number of fused-ring (bicyclic) bond motifs is 1. The van der Waals surface area contributed by atoms with E-state index in [2.05, 4.69) is 10.3 Å². The Hall–Kier alpha value is -2.82. The predicted molar refractivity (Wildman–Crippen MR) is 96.5 cm³/mol. The van der Waals surface area contributed by atoms with Crippen LogP contribution < -0.4 is 15.8 Å². The van der Waals surface area contributed by atoms with Gasteiger partial charge in [-0.2, -0.15) is 0 Å². The molecule has 24 heavy (non-hydrogen) atoms. The fourth-order valence-electron chi connectivity index (χ4n) is 2.65. The largest absolute Gasteiger partial charge is 0.492 e. The first kappa shape index (κ1) is 16.1. The van der Waals surface area contributed by atoms with Crippen molar-refractivity contribution in [3.05, 3.63) is 53.5 Å². The first-order valence-electron chi connectivity index (χ1n) is 7.84. The Balaban J connectivity index is 2.10. The fraction of sp³-hybridized carbons (Fsp3) is 0.211. The van der Waals surface area contributed by atoms with E-state index in [1.165, 1.54) is 6.07 Å². The molecule has 0 bridgehead atoms. The van der Waals surface area contributed by atoms with Crippen LogP contribution in [-0.2, 0) is 0 Å². The summed E-state index contributed by atoms with van der Waals surface area (Å²) in [5.74, 6) is 0.410. The fourth-order valence-corrected chi connectivity index (χ4v) is 2.65. The van der Waals surface area contributed by atoms with Crippen LogP contribution in [0.4, 0.5) is 21.5 Å². The molecule has 4 nitrogen and oxygen atoms in total. The molecule has 0 spiro atoms. The molecule has 1 heterocycles. The zero-order chi connectivity index (χ0) is 17.3. The number of benzene rings is 2. The number of nitrogens with one attached hydrogen (secondary N) is 1. The highest BCUT2D eigenvalue weighted by Gasteiger charge is 2.11. The summed E-state index contributed by atoms with van der Waals surface area (Å²) in [6.45, 7) is 6.17. The molecule has 5 heteroatoms. The van der Waals surface area contributed by atoms with E-state index in [1.807, 2.05) is 26.0 Å². The van der Waals surface area contributed by atoms with Crippen molar-refractivity contribution in [3.8, 4) is 5.75 Å². The van der Waals surface area contributed by atoms with E-state index in [0.717, 1.165) is 27.8 Å². The van der Waals surface area contributed by atoms with Crippen molar-refractivity contribution in [1.29, 1.82) is 0 Å². The number of nitrogens with two attached hydrogens (primary N) is 1. The molecular weight excluding hydrogens is 305 g/mol. The Kier molecular flexibility index (Phi) is 4.25. The van der Waals surface area contributed by atoms with Crippen LogP contribution in [0.25, 0.3) is 10.9 Å². The molecule has 0 saturated heterocycles. The topological polar surface area (TPSA) is 60.2 Å². The van der Waals surface area contributed by atoms with Crippen LogP contribution >= 0.6 is 0 Å². The van der Waals surface area contributed by atoms with Gasteiger partial charge in [-0.05, 0) is 56.2 Å². The standard InChI is InChI=1S/C19H20FN3O/c1-4-24-18-9-17-14(8-16(18)21)19(12(3)10-22-17)23-13-5-6-15(20)11(2)7-13/h5-10H,4,21H2,1-3H3,(H,22,23). The summed E-state index contributed by atoms with van der Waals surface area (Å²) in [6.07, 6.45) is 1.80. The molecule has 3 aromatic rings. The number of nitrogen functional groups attached to an aromatic ring is 1. The van der Waals surface area contributed by atoms with E-state index in [9.17, 15) is 4.39 Å². The maximum absolute atomic E-state index is 13.5. The van der Waals surface area contributed by atoms with E-state index in [-0.39, 0.29) is 5.82 Å². The number of aryl methyl sites for hydroxylation is 2. The average molecular weight is 325 g/mol. The smallest absolute Gasteiger partial charge is 0.144 e. The van der Waals surface area contributed by atoms with Gasteiger partial charge in [0, 0.05) is 23.3 Å². The van der Waals surface area contributed by atoms with E-state index in [4.69, 9.17) is 10.5 Å². The number of nitrogens with zero attached hydrogens (tertiary/aromatic N) is 1. The van der Waals surface area contributed by atoms with Gasteiger partial charge in [-0.1, -0.05) is 0 Å². The lowest BCUT2D eigenvalue weighted by atomic mass is 10.1. The molecule has 0 aliphatic heterocycles. The third-order valence-corrected chi connectivity index (χ3v) is 3.92. The summed E-state index contributed by atoms with van der Waals surface area (Å²) in [5, 5.41) is 4.26. The summed E-state index contributed by atoms with van der Waals surface area (Å²) in [4.78, 5) is 4.46. The van der Waals surface area contributed by atoms with Crippen molar-refractivity contribution in [3.63, 3.8) is 0 Å². The van der Waals surface area contributed by atoms with Gasteiger partial charge in [0.15, 0.2) is 0 Å². The lowest BCUT2D eigenvalue weighted by molar-refractivity contribution is 0.342. The molecule has 0 aliphatic rings. The lowest BCUT2D eigenvalue weighted by Crippen LogP contribution is -2.00. The summed E-state index contributed by atoms with van der Waals surface area (Å²) in [6, 6.07) is 8.65. The minimum absolute atomic E-state index is 0.220. The molecule has 3 rings (SSSR count). The molecule has 3 N–H and O–H groups in total. The molecule has 0 atom stereocenters. The Morgan fingerprint density at radius 2 is 1.96 bits per heavy atom. The minimum Gasteiger partial charge on any atom is -0.492 e. The van der Waals surface area contributed by atoms with E-state index >= 15 is 0 Å². The van der Waals surface area contributed by atoms with Crippen LogP contribution in [0.3, 0.4) is 0 Å². The van der Waals surface area contributed by atoms with Crippen molar-refractivity contribution in [2.24, 2.45) is 0 Å². The van der Waals surface area contributed by atoms with Gasteiger partial charge in [-0.25, -0.2) is 4.39 Å². The Labute approximate surface area is 140 Å². The highest BCUT2D eigenvalue weighted by atomic mass is 19.1. The van der Waals surface area contributed by atoms with Gasteiger partial charge in [0.25, 0.3) is 0 Å². The number of ether oxygens (including phenoxy) is 1. The molecule has 2 aromatic carbocycles. The maximum atomic E-state index is 13.5. The predicted octanol–water partition coefficient (Wildman–Crippen LogP) is 4.72. The molecule has 0 aliphatic carbocycles. The summed E-state index contributed by atoms with van der Waals surface area (Å²) in [5.41, 5.74) is 10.7. The van der Waals surface area contributed by atoms with Crippen LogP contribution in [0.15, 0.2) is 36.5 Å². The molecule has 124 valence electrons. The number of halogens is 1. The second kappa shape index (κ2) is 6.35. The third-order valence-electron chi connectivity index (χ3n) is 3.92. The minimum atomic E-state index is -0.220. The highest BCUT2D eigenvalue weighted by Crippen LogP contribution is 2.34. The summed E-state index contributed by atoms with van der Waals surface area (Å²) >= 11 is 0. The van der Waals surface area contributed by atoms with Gasteiger partial charge in [0.2, 0.25) is 0 Å². The number of anilines is 3. The Morgan fingerprint density at radius 1 is 1.17 bits per heavy atom. The van der Waals surface area contributed by atoms with Crippen molar-refractivity contribution < 1.29 is 9.13 Å². The second-order valence-electron chi connectivity index (χ2n) is 5.75. The van der Waals surface area contributed by atoms with Crippen molar-refractivity contribution in [2.45, 2.75) is 20.8 Å². The van der Waals surface area contributed by atoms with Gasteiger partial charge >= 0.3 is 0 Å². The van der Waals surface area contributed by atoms with Crippen molar-refractivity contribution >= 4 is 28.0 Å². The van der Waals surface area contributed by atoms with Crippen LogP contribution in [0.2, 0.25) is 0 Å². The Bertz CT molecular complexity index is 909. The average Bonchev–Trinajstić information content (AvgIpc) is 2.55. The van der Waals surface area contributed by atoms with Gasteiger partial charge in [-0.15, -0.1) is 0 Å². The van der Waals surface area contributed by atoms with Gasteiger partial charge in [0.05, 0.1) is 23.5 Å². The van der Waals surface area contributed by atoms with Crippen molar-refractivity contribution in [2.75, 3.05) is 17.7 Å². The molecule has 0 amide bonds. The van der Waals surface area contributed by atoms with Crippen LogP contribution in [0, 0.1) is 19.7 Å². The normalized spacial score (nSPS) is 10.8. The maximum Gasteiger partial charge on any atom is 0.144 e. The number of aromatic nitrogens is 1. The number of hydrogen-bond acceptors (Lipinski definition) is 4. The third kappa shape index (κ3) is 2.97. The van der Waals surface area contributed by atoms with Gasteiger partial charge in [0.1, 0.15) is 11.6 Å². The molecular formula is C19H20FN3O. The van der Waals surface area contributed by atoms with Crippen LogP contribution in [0.5, 0.6) is 5.75 Å². The van der Waals surface area contributed by atoms with Gasteiger partial charge < -0.3 is 15.8 Å². The quantitative estimate of drug-likeness (QED) is 0.682. The molecule has 0 fully saturated rings. The second-order valence-corrected chi connectivity index (χ2v) is 5.75. The van der Waals surface area contributed by atoms with E-state index in [1.54, 1.807) is 25.3 Å². The zero-order valence-corrected chi connectivity index (χ0v) is 14.0. The number of pyridine rings is 1. The first-order chi connectivity index (χ1) is 11.5. The highest BCUT2D eigenvalue weighted by molar-refractivity contribution is 5.97. The Morgan fingerprint density at radius 3 is 2.67 bits per heavy atom. The number of hydrogen-bond donors (Lipinski definition) is 2. The van der Waals surface area contributed by atoms with Crippen LogP contribution in [0.1, 0.15) is 18.1 Å². The van der Waals surface area contributed by atoms with Crippen molar-refractivity contribution in [1.82, 2.24) is 4.98 Å². The van der Waals surface area contributed by atoms with Crippen LogP contribution in [-0.4, -0.2) is 11.6 Å². The molecule has 0 radical (unpaired) electrons. The summed E-state index contributed by atoms with van der Waals surface area (Å²) < 4.78 is 19.0.